The monoisotopic (exact) mass is 308 g/mol. The van der Waals surface area contributed by atoms with E-state index in [0.717, 1.165) is 18.8 Å². The minimum Gasteiger partial charge on any atom is -0.379 e. The molecule has 1 atom stereocenters. The number of aromatic nitrogens is 1. The van der Waals surface area contributed by atoms with Crippen LogP contribution < -0.4 is 10.6 Å². The summed E-state index contributed by atoms with van der Waals surface area (Å²) in [5.74, 6) is -1.18. The van der Waals surface area contributed by atoms with E-state index in [1.807, 2.05) is 29.9 Å². The molecule has 0 saturated carbocycles. The van der Waals surface area contributed by atoms with E-state index in [1.54, 1.807) is 6.92 Å². The number of amides is 2. The highest BCUT2D eigenvalue weighted by Gasteiger charge is 2.25. The van der Waals surface area contributed by atoms with Crippen LogP contribution in [0.15, 0.2) is 18.3 Å². The third-order valence-corrected chi connectivity index (χ3v) is 3.81. The molecule has 1 unspecified atom stereocenters. The predicted octanol–water partition coefficient (Wildman–Crippen LogP) is -0.349. The van der Waals surface area contributed by atoms with E-state index >= 15 is 0 Å². The SMILES string of the molecule is CCNC(=O)C(=O)NCC(c1cccn1C)N1CCOCC1. The molecular weight excluding hydrogens is 284 g/mol. The molecule has 7 nitrogen and oxygen atoms in total. The number of hydrogen-bond donors (Lipinski definition) is 2. The molecule has 0 bridgehead atoms. The van der Waals surface area contributed by atoms with Gasteiger partial charge in [0.2, 0.25) is 0 Å². The van der Waals surface area contributed by atoms with E-state index in [4.69, 9.17) is 4.74 Å². The van der Waals surface area contributed by atoms with Gasteiger partial charge in [0.15, 0.2) is 0 Å². The van der Waals surface area contributed by atoms with Gasteiger partial charge >= 0.3 is 11.8 Å². The van der Waals surface area contributed by atoms with Crippen molar-refractivity contribution in [3.05, 3.63) is 24.0 Å². The second kappa shape index (κ2) is 7.95. The van der Waals surface area contributed by atoms with Gasteiger partial charge in [-0.15, -0.1) is 0 Å². The maximum atomic E-state index is 11.8. The van der Waals surface area contributed by atoms with Crippen LogP contribution in [0.3, 0.4) is 0 Å². The minimum absolute atomic E-state index is 0.0299. The highest BCUT2D eigenvalue weighted by atomic mass is 16.5. The lowest BCUT2D eigenvalue weighted by Crippen LogP contribution is -2.47. The fraction of sp³-hybridized carbons (Fsp3) is 0.600. The molecule has 22 heavy (non-hydrogen) atoms. The zero-order valence-corrected chi connectivity index (χ0v) is 13.2. The summed E-state index contributed by atoms with van der Waals surface area (Å²) in [6.07, 6.45) is 1.98. The lowest BCUT2D eigenvalue weighted by atomic mass is 10.1. The van der Waals surface area contributed by atoms with Crippen LogP contribution in [0.2, 0.25) is 0 Å². The van der Waals surface area contributed by atoms with Gasteiger partial charge in [-0.3, -0.25) is 14.5 Å². The van der Waals surface area contributed by atoms with Crippen molar-refractivity contribution >= 4 is 11.8 Å². The molecule has 1 aromatic rings. The molecule has 2 rings (SSSR count). The second-order valence-corrected chi connectivity index (χ2v) is 5.28. The van der Waals surface area contributed by atoms with E-state index in [9.17, 15) is 9.59 Å². The molecule has 2 amide bonds. The quantitative estimate of drug-likeness (QED) is 0.729. The molecule has 0 aliphatic carbocycles. The standard InChI is InChI=1S/C15H24N4O3/c1-3-16-14(20)15(21)17-11-13(12-5-4-6-18(12)2)19-7-9-22-10-8-19/h4-6,13H,3,7-11H2,1-2H3,(H,16,20)(H,17,21). The Bertz CT molecular complexity index is 509. The van der Waals surface area contributed by atoms with Crippen molar-refractivity contribution in [3.8, 4) is 0 Å². The molecular formula is C15H24N4O3. The Morgan fingerprint density at radius 2 is 1.95 bits per heavy atom. The second-order valence-electron chi connectivity index (χ2n) is 5.28. The van der Waals surface area contributed by atoms with E-state index < -0.39 is 11.8 Å². The summed E-state index contributed by atoms with van der Waals surface area (Å²) in [4.78, 5) is 25.6. The molecule has 122 valence electrons. The summed E-state index contributed by atoms with van der Waals surface area (Å²) < 4.78 is 7.43. The summed E-state index contributed by atoms with van der Waals surface area (Å²) in [5.41, 5.74) is 1.11. The van der Waals surface area contributed by atoms with Gasteiger partial charge in [-0.25, -0.2) is 0 Å². The molecule has 1 fully saturated rings. The predicted molar refractivity (Wildman–Crippen MR) is 82.2 cm³/mol. The van der Waals surface area contributed by atoms with Crippen LogP contribution in [0.1, 0.15) is 18.7 Å². The van der Waals surface area contributed by atoms with Gasteiger partial charge in [-0.2, -0.15) is 0 Å². The maximum Gasteiger partial charge on any atom is 0.309 e. The lowest BCUT2D eigenvalue weighted by molar-refractivity contribution is -0.139. The fourth-order valence-corrected chi connectivity index (χ4v) is 2.64. The van der Waals surface area contributed by atoms with Gasteiger partial charge < -0.3 is 19.9 Å². The third-order valence-electron chi connectivity index (χ3n) is 3.81. The summed E-state index contributed by atoms with van der Waals surface area (Å²) >= 11 is 0. The molecule has 1 aliphatic rings. The Balaban J connectivity index is 2.03. The first kappa shape index (κ1) is 16.5. The number of morpholine rings is 1. The molecule has 0 radical (unpaired) electrons. The van der Waals surface area contributed by atoms with Crippen molar-refractivity contribution < 1.29 is 14.3 Å². The van der Waals surface area contributed by atoms with Crippen LogP contribution in [-0.2, 0) is 21.4 Å². The number of nitrogens with one attached hydrogen (secondary N) is 2. The van der Waals surface area contributed by atoms with E-state index in [0.29, 0.717) is 26.3 Å². The van der Waals surface area contributed by atoms with Crippen LogP contribution in [0.25, 0.3) is 0 Å². The smallest absolute Gasteiger partial charge is 0.309 e. The number of rotatable bonds is 5. The van der Waals surface area contributed by atoms with Crippen molar-refractivity contribution in [2.45, 2.75) is 13.0 Å². The van der Waals surface area contributed by atoms with Crippen LogP contribution in [-0.4, -0.2) is 60.7 Å². The largest absolute Gasteiger partial charge is 0.379 e. The summed E-state index contributed by atoms with van der Waals surface area (Å²) in [7, 11) is 1.98. The highest BCUT2D eigenvalue weighted by molar-refractivity contribution is 6.35. The molecule has 7 heteroatoms. The molecule has 2 heterocycles. The Labute approximate surface area is 130 Å². The molecule has 1 aliphatic heterocycles. The first-order valence-electron chi connectivity index (χ1n) is 7.62. The third kappa shape index (κ3) is 4.08. The topological polar surface area (TPSA) is 75.6 Å². The number of likely N-dealkylation sites (N-methyl/N-ethyl adjacent to an activating group) is 1. The Hall–Kier alpha value is -1.86. The summed E-state index contributed by atoms with van der Waals surface area (Å²) in [6.45, 7) is 5.62. The summed E-state index contributed by atoms with van der Waals surface area (Å²) in [6, 6.07) is 4.05. The van der Waals surface area contributed by atoms with Gasteiger partial charge in [0.1, 0.15) is 0 Å². The number of nitrogens with zero attached hydrogens (tertiary/aromatic N) is 2. The van der Waals surface area contributed by atoms with E-state index in [2.05, 4.69) is 15.5 Å². The molecule has 0 aromatic carbocycles. The van der Waals surface area contributed by atoms with E-state index in [-0.39, 0.29) is 6.04 Å². The minimum atomic E-state index is -0.589. The molecule has 2 N–H and O–H groups in total. The van der Waals surface area contributed by atoms with Crippen LogP contribution in [0.4, 0.5) is 0 Å². The number of aryl methyl sites for hydroxylation is 1. The number of hydrogen-bond acceptors (Lipinski definition) is 4. The van der Waals surface area contributed by atoms with Gasteiger partial charge in [-0.05, 0) is 19.1 Å². The molecule has 0 spiro atoms. The highest BCUT2D eigenvalue weighted by Crippen LogP contribution is 2.21. The molecule has 1 saturated heterocycles. The Morgan fingerprint density at radius 3 is 2.55 bits per heavy atom. The fourth-order valence-electron chi connectivity index (χ4n) is 2.64. The van der Waals surface area contributed by atoms with Crippen LogP contribution in [0, 0.1) is 0 Å². The van der Waals surface area contributed by atoms with Crippen molar-refractivity contribution in [3.63, 3.8) is 0 Å². The lowest BCUT2D eigenvalue weighted by Gasteiger charge is -2.34. The first-order chi connectivity index (χ1) is 10.6. The van der Waals surface area contributed by atoms with Crippen molar-refractivity contribution in [1.29, 1.82) is 0 Å². The van der Waals surface area contributed by atoms with Gasteiger partial charge in [-0.1, -0.05) is 0 Å². The van der Waals surface area contributed by atoms with Crippen molar-refractivity contribution in [2.75, 3.05) is 39.4 Å². The normalized spacial score (nSPS) is 17.0. The van der Waals surface area contributed by atoms with Crippen molar-refractivity contribution in [1.82, 2.24) is 20.1 Å². The van der Waals surface area contributed by atoms with Crippen molar-refractivity contribution in [2.24, 2.45) is 7.05 Å². The molecule has 1 aromatic heterocycles. The first-order valence-corrected chi connectivity index (χ1v) is 7.62. The van der Waals surface area contributed by atoms with Crippen LogP contribution in [0.5, 0.6) is 0 Å². The van der Waals surface area contributed by atoms with E-state index in [1.165, 1.54) is 0 Å². The zero-order valence-electron chi connectivity index (χ0n) is 13.2. The summed E-state index contributed by atoms with van der Waals surface area (Å²) in [5, 5.41) is 5.24. The maximum absolute atomic E-state index is 11.8. The Kier molecular flexibility index (Phi) is 5.97. The average Bonchev–Trinajstić information content (AvgIpc) is 2.95. The van der Waals surface area contributed by atoms with Crippen LogP contribution >= 0.6 is 0 Å². The van der Waals surface area contributed by atoms with Gasteiger partial charge in [0, 0.05) is 45.1 Å². The number of carbonyl (C=O) groups excluding carboxylic acids is 2. The number of carbonyl (C=O) groups is 2. The average molecular weight is 308 g/mol. The Morgan fingerprint density at radius 1 is 1.27 bits per heavy atom. The number of ether oxygens (including phenoxy) is 1. The van der Waals surface area contributed by atoms with Gasteiger partial charge in [0.25, 0.3) is 0 Å². The zero-order chi connectivity index (χ0) is 15.9. The van der Waals surface area contributed by atoms with Gasteiger partial charge in [0.05, 0.1) is 19.3 Å².